The number of pyridine rings is 2. The summed E-state index contributed by atoms with van der Waals surface area (Å²) in [7, 11) is 0. The minimum absolute atomic E-state index is 0. The van der Waals surface area contributed by atoms with Crippen LogP contribution in [0.3, 0.4) is 0 Å². The first-order chi connectivity index (χ1) is 20.7. The molecule has 8 rings (SSSR count). The van der Waals surface area contributed by atoms with E-state index in [-0.39, 0.29) is 25.9 Å². The van der Waals surface area contributed by atoms with Crippen molar-refractivity contribution in [1.82, 2.24) is 19.5 Å². The molecule has 4 aromatic carbocycles. The zero-order valence-electron chi connectivity index (χ0n) is 23.0. The molecule has 7 heteroatoms. The van der Waals surface area contributed by atoms with Gasteiger partial charge in [0.1, 0.15) is 11.4 Å². The van der Waals surface area contributed by atoms with E-state index in [0.29, 0.717) is 22.6 Å². The van der Waals surface area contributed by atoms with E-state index in [1.54, 1.807) is 12.3 Å². The summed E-state index contributed by atoms with van der Waals surface area (Å²) >= 11 is 0. The summed E-state index contributed by atoms with van der Waals surface area (Å²) < 4.78 is 21.9. The van der Waals surface area contributed by atoms with E-state index in [1.165, 1.54) is 12.1 Å². The first-order valence-electron chi connectivity index (χ1n) is 13.5. The van der Waals surface area contributed by atoms with Crippen molar-refractivity contribution in [3.8, 4) is 28.3 Å². The molecule has 8 aromatic rings. The predicted molar refractivity (Wildman–Crippen MR) is 164 cm³/mol. The number of hydrogen-bond acceptors (Lipinski definition) is 4. The zero-order valence-corrected chi connectivity index (χ0v) is 25.4. The normalized spacial score (nSPS) is 10.8. The van der Waals surface area contributed by atoms with Crippen molar-refractivity contribution in [2.45, 2.75) is 6.92 Å². The van der Waals surface area contributed by atoms with Gasteiger partial charge in [-0.05, 0) is 55.1 Å². The van der Waals surface area contributed by atoms with Crippen LogP contribution in [0.1, 0.15) is 5.69 Å². The van der Waals surface area contributed by atoms with E-state index in [2.05, 4.69) is 17.1 Å². The summed E-state index contributed by atoms with van der Waals surface area (Å²) in [5, 5.41) is 1.76. The molecule has 4 aromatic heterocycles. The third-order valence-electron chi connectivity index (χ3n) is 6.93. The number of hydrogen-bond donors (Lipinski definition) is 0. The SMILES string of the molecule is Cc1ccc2nc(-c3[c-]ccc4c3oc3cc(F)ccc34)n(-c3ccccc3)c2n1.[Ir].[c-]1ccccc1-c1ccccn1. The van der Waals surface area contributed by atoms with Crippen molar-refractivity contribution < 1.29 is 28.9 Å². The van der Waals surface area contributed by atoms with Crippen LogP contribution in [0.25, 0.3) is 61.4 Å². The van der Waals surface area contributed by atoms with Gasteiger partial charge >= 0.3 is 0 Å². The summed E-state index contributed by atoms with van der Waals surface area (Å²) in [6.45, 7) is 1.96. The van der Waals surface area contributed by atoms with Crippen LogP contribution in [-0.4, -0.2) is 19.5 Å². The summed E-state index contributed by atoms with van der Waals surface area (Å²) in [4.78, 5) is 13.8. The zero-order chi connectivity index (χ0) is 28.5. The van der Waals surface area contributed by atoms with Crippen LogP contribution in [-0.2, 0) is 20.1 Å². The quantitative estimate of drug-likeness (QED) is 0.170. The van der Waals surface area contributed by atoms with Gasteiger partial charge in [-0.15, -0.1) is 54.1 Å². The molecule has 0 saturated heterocycles. The Morgan fingerprint density at radius 1 is 0.767 bits per heavy atom. The number of halogens is 1. The van der Waals surface area contributed by atoms with Gasteiger partial charge < -0.3 is 14.0 Å². The number of aryl methyl sites for hydroxylation is 1. The maximum Gasteiger partial charge on any atom is 0.155 e. The molecule has 0 atom stereocenters. The minimum atomic E-state index is -0.330. The second-order valence-electron chi connectivity index (χ2n) is 9.73. The Kier molecular flexibility index (Phi) is 7.92. The van der Waals surface area contributed by atoms with Crippen LogP contribution < -0.4 is 0 Å². The van der Waals surface area contributed by atoms with Crippen LogP contribution >= 0.6 is 0 Å². The van der Waals surface area contributed by atoms with Crippen molar-refractivity contribution in [3.05, 3.63) is 145 Å². The molecule has 0 N–H and O–H groups in total. The van der Waals surface area contributed by atoms with Gasteiger partial charge in [0.15, 0.2) is 5.65 Å². The Balaban J connectivity index is 0.000000213. The summed E-state index contributed by atoms with van der Waals surface area (Å²) in [5.74, 6) is 0.350. The fraction of sp³-hybridized carbons (Fsp3) is 0.0278. The van der Waals surface area contributed by atoms with E-state index >= 15 is 0 Å². The van der Waals surface area contributed by atoms with Crippen molar-refractivity contribution in [1.29, 1.82) is 0 Å². The molecule has 0 aliphatic heterocycles. The molecule has 0 spiro atoms. The van der Waals surface area contributed by atoms with Crippen LogP contribution in [0.15, 0.2) is 126 Å². The molecule has 0 amide bonds. The first kappa shape index (κ1) is 28.2. The van der Waals surface area contributed by atoms with E-state index in [0.717, 1.165) is 44.6 Å². The molecule has 211 valence electrons. The van der Waals surface area contributed by atoms with Crippen molar-refractivity contribution >= 4 is 33.1 Å². The van der Waals surface area contributed by atoms with Gasteiger partial charge in [0.2, 0.25) is 0 Å². The number of furan rings is 1. The number of nitrogens with zero attached hydrogens (tertiary/aromatic N) is 4. The van der Waals surface area contributed by atoms with Gasteiger partial charge in [0.25, 0.3) is 0 Å². The smallest absolute Gasteiger partial charge is 0.155 e. The van der Waals surface area contributed by atoms with Crippen molar-refractivity contribution in [2.24, 2.45) is 0 Å². The molecule has 0 aliphatic carbocycles. The maximum absolute atomic E-state index is 13.8. The molecule has 0 aliphatic rings. The fourth-order valence-electron chi connectivity index (χ4n) is 5.00. The number of para-hydroxylation sites is 1. The summed E-state index contributed by atoms with van der Waals surface area (Å²) in [6.07, 6.45) is 1.79. The predicted octanol–water partition coefficient (Wildman–Crippen LogP) is 8.78. The Bertz CT molecular complexity index is 2120. The summed E-state index contributed by atoms with van der Waals surface area (Å²) in [5.41, 5.74) is 7.26. The molecule has 43 heavy (non-hydrogen) atoms. The van der Waals surface area contributed by atoms with Crippen molar-refractivity contribution in [3.63, 3.8) is 0 Å². The Hall–Kier alpha value is -4.97. The van der Waals surface area contributed by atoms with Gasteiger partial charge in [-0.2, -0.15) is 0 Å². The molecule has 0 fully saturated rings. The van der Waals surface area contributed by atoms with Crippen LogP contribution in [0.2, 0.25) is 0 Å². The molecule has 0 bridgehead atoms. The fourth-order valence-corrected chi connectivity index (χ4v) is 5.00. The van der Waals surface area contributed by atoms with Crippen LogP contribution in [0.5, 0.6) is 0 Å². The first-order valence-corrected chi connectivity index (χ1v) is 13.5. The molecule has 5 nitrogen and oxygen atoms in total. The molecule has 0 saturated carbocycles. The molecule has 0 unspecified atom stereocenters. The van der Waals surface area contributed by atoms with E-state index in [9.17, 15) is 4.39 Å². The third-order valence-corrected chi connectivity index (χ3v) is 6.93. The number of rotatable bonds is 3. The van der Waals surface area contributed by atoms with Gasteiger partial charge in [-0.25, -0.2) is 9.37 Å². The minimum Gasteiger partial charge on any atom is -0.500 e. The molecule has 4 heterocycles. The number of aromatic nitrogens is 4. The van der Waals surface area contributed by atoms with Gasteiger partial charge in [-0.3, -0.25) is 4.98 Å². The molecular formula is C36H23FIrN4O-2. The van der Waals surface area contributed by atoms with Crippen LogP contribution in [0.4, 0.5) is 4.39 Å². The van der Waals surface area contributed by atoms with Gasteiger partial charge in [-0.1, -0.05) is 41.3 Å². The van der Waals surface area contributed by atoms with E-state index in [4.69, 9.17) is 14.4 Å². The van der Waals surface area contributed by atoms with Crippen LogP contribution in [0, 0.1) is 24.9 Å². The Labute approximate surface area is 261 Å². The largest absolute Gasteiger partial charge is 0.500 e. The van der Waals surface area contributed by atoms with Gasteiger partial charge in [0, 0.05) is 49.1 Å². The standard InChI is InChI=1S/C25H15FN3O.C11H8N.Ir/c1-15-10-13-21-25(27-15)29(17-6-3-2-4-7-17)24(28-21)20-9-5-8-19-18-12-11-16(26)14-22(18)30-23(19)20;1-2-6-10(7-3-1)11-8-4-5-9-12-11;/h2-8,10-14H,1H3;1-6,8-9H;/q2*-1;. The number of fused-ring (bicyclic) bond motifs is 4. The topological polar surface area (TPSA) is 56.7 Å². The average molecular weight is 739 g/mol. The van der Waals surface area contributed by atoms with Gasteiger partial charge in [0.05, 0.1) is 16.9 Å². The molecule has 1 radical (unpaired) electrons. The average Bonchev–Trinajstić information content (AvgIpc) is 3.60. The van der Waals surface area contributed by atoms with Crippen molar-refractivity contribution in [2.75, 3.05) is 0 Å². The Morgan fingerprint density at radius 2 is 1.60 bits per heavy atom. The number of benzene rings is 4. The second kappa shape index (κ2) is 12.1. The summed E-state index contributed by atoms with van der Waals surface area (Å²) in [6, 6.07) is 42.4. The molecular weight excluding hydrogens is 716 g/mol. The van der Waals surface area contributed by atoms with E-state index in [1.807, 2.05) is 109 Å². The van der Waals surface area contributed by atoms with E-state index < -0.39 is 0 Å². The Morgan fingerprint density at radius 3 is 2.40 bits per heavy atom. The second-order valence-corrected chi connectivity index (χ2v) is 9.73. The third kappa shape index (κ3) is 5.48. The maximum atomic E-state index is 13.8. The monoisotopic (exact) mass is 739 g/mol. The number of imidazole rings is 1.